The molecule has 2 aromatic carbocycles. The first-order valence-corrected chi connectivity index (χ1v) is 10.2. The number of para-hydroxylation sites is 1. The molecule has 0 aliphatic rings. The molecule has 0 saturated heterocycles. The first kappa shape index (κ1) is 21.1. The number of aryl methyl sites for hydroxylation is 2. The SMILES string of the molecule is Cc1noc(C)c1COc1ccccc1C(=O)Nc1ccc(OCc2ccccc2)nc1. The molecule has 1 amide bonds. The monoisotopic (exact) mass is 429 g/mol. The number of rotatable bonds is 8. The Bertz CT molecular complexity index is 1170. The van der Waals surface area contributed by atoms with Crippen molar-refractivity contribution in [2.45, 2.75) is 27.1 Å². The molecule has 4 aromatic rings. The smallest absolute Gasteiger partial charge is 0.259 e. The Balaban J connectivity index is 1.38. The minimum atomic E-state index is -0.292. The minimum absolute atomic E-state index is 0.264. The Labute approximate surface area is 186 Å². The molecule has 0 aliphatic heterocycles. The summed E-state index contributed by atoms with van der Waals surface area (Å²) >= 11 is 0. The molecule has 0 saturated carbocycles. The highest BCUT2D eigenvalue weighted by Gasteiger charge is 2.15. The van der Waals surface area contributed by atoms with Crippen molar-refractivity contribution < 1.29 is 18.8 Å². The molecule has 162 valence electrons. The lowest BCUT2D eigenvalue weighted by Crippen LogP contribution is -2.14. The fourth-order valence-electron chi connectivity index (χ4n) is 3.11. The normalized spacial score (nSPS) is 10.6. The molecular weight excluding hydrogens is 406 g/mol. The summed E-state index contributed by atoms with van der Waals surface area (Å²) in [5, 5.41) is 6.78. The lowest BCUT2D eigenvalue weighted by atomic mass is 10.1. The van der Waals surface area contributed by atoms with Crippen molar-refractivity contribution in [2.24, 2.45) is 0 Å². The van der Waals surface area contributed by atoms with Gasteiger partial charge in [-0.25, -0.2) is 4.98 Å². The van der Waals surface area contributed by atoms with E-state index >= 15 is 0 Å². The standard InChI is InChI=1S/C25H23N3O4/c1-17-22(18(2)32-28-17)16-30-23-11-7-6-10-21(23)25(29)27-20-12-13-24(26-14-20)31-15-19-8-4-3-5-9-19/h3-14H,15-16H2,1-2H3,(H,27,29). The van der Waals surface area contributed by atoms with E-state index in [9.17, 15) is 4.79 Å². The molecule has 0 bridgehead atoms. The Morgan fingerprint density at radius 1 is 0.938 bits per heavy atom. The summed E-state index contributed by atoms with van der Waals surface area (Å²) in [6, 6.07) is 20.4. The van der Waals surface area contributed by atoms with Gasteiger partial charge in [0.15, 0.2) is 0 Å². The van der Waals surface area contributed by atoms with Crippen LogP contribution in [0.4, 0.5) is 5.69 Å². The van der Waals surface area contributed by atoms with Crippen molar-refractivity contribution in [3.63, 3.8) is 0 Å². The van der Waals surface area contributed by atoms with Crippen molar-refractivity contribution in [1.82, 2.24) is 10.1 Å². The Morgan fingerprint density at radius 3 is 2.44 bits per heavy atom. The van der Waals surface area contributed by atoms with Crippen LogP contribution in [0.2, 0.25) is 0 Å². The van der Waals surface area contributed by atoms with Crippen molar-refractivity contribution in [2.75, 3.05) is 5.32 Å². The number of ether oxygens (including phenoxy) is 2. The second-order valence-electron chi connectivity index (χ2n) is 7.20. The van der Waals surface area contributed by atoms with Gasteiger partial charge >= 0.3 is 0 Å². The van der Waals surface area contributed by atoms with Crippen LogP contribution >= 0.6 is 0 Å². The summed E-state index contributed by atoms with van der Waals surface area (Å²) in [4.78, 5) is 17.1. The summed E-state index contributed by atoms with van der Waals surface area (Å²) in [5.74, 6) is 1.36. The predicted octanol–water partition coefficient (Wildman–Crippen LogP) is 5.10. The quantitative estimate of drug-likeness (QED) is 0.420. The van der Waals surface area contributed by atoms with E-state index in [2.05, 4.69) is 15.5 Å². The van der Waals surface area contributed by atoms with Crippen LogP contribution in [0.3, 0.4) is 0 Å². The van der Waals surface area contributed by atoms with Crippen LogP contribution in [0.1, 0.15) is 32.9 Å². The zero-order valence-electron chi connectivity index (χ0n) is 17.9. The topological polar surface area (TPSA) is 86.5 Å². The molecule has 4 rings (SSSR count). The number of nitrogens with one attached hydrogen (secondary N) is 1. The average molecular weight is 429 g/mol. The molecule has 0 atom stereocenters. The van der Waals surface area contributed by atoms with Gasteiger partial charge < -0.3 is 19.3 Å². The maximum absolute atomic E-state index is 12.8. The molecule has 0 unspecified atom stereocenters. The molecule has 0 fully saturated rings. The van der Waals surface area contributed by atoms with Crippen LogP contribution in [0.15, 0.2) is 77.4 Å². The third-order valence-electron chi connectivity index (χ3n) is 4.91. The highest BCUT2D eigenvalue weighted by molar-refractivity contribution is 6.06. The van der Waals surface area contributed by atoms with Crippen molar-refractivity contribution in [3.8, 4) is 11.6 Å². The van der Waals surface area contributed by atoms with Crippen LogP contribution in [0, 0.1) is 13.8 Å². The van der Waals surface area contributed by atoms with Crippen LogP contribution < -0.4 is 14.8 Å². The maximum atomic E-state index is 12.8. The second kappa shape index (κ2) is 9.78. The zero-order chi connectivity index (χ0) is 22.3. The summed E-state index contributed by atoms with van der Waals surface area (Å²) in [5.41, 5.74) is 3.67. The number of hydrogen-bond donors (Lipinski definition) is 1. The number of aromatic nitrogens is 2. The van der Waals surface area contributed by atoms with Gasteiger partial charge in [-0.15, -0.1) is 0 Å². The Kier molecular flexibility index (Phi) is 6.46. The third-order valence-corrected chi connectivity index (χ3v) is 4.91. The summed E-state index contributed by atoms with van der Waals surface area (Å²) < 4.78 is 16.8. The minimum Gasteiger partial charge on any atom is -0.488 e. The molecule has 1 N–H and O–H groups in total. The molecule has 0 radical (unpaired) electrons. The van der Waals surface area contributed by atoms with Crippen molar-refractivity contribution in [1.29, 1.82) is 0 Å². The lowest BCUT2D eigenvalue weighted by Gasteiger charge is -2.12. The number of pyridine rings is 1. The molecular formula is C25H23N3O4. The Morgan fingerprint density at radius 2 is 1.72 bits per heavy atom. The van der Waals surface area contributed by atoms with Gasteiger partial charge in [0.1, 0.15) is 24.7 Å². The molecule has 0 spiro atoms. The molecule has 2 aromatic heterocycles. The number of anilines is 1. The highest BCUT2D eigenvalue weighted by Crippen LogP contribution is 2.23. The predicted molar refractivity (Wildman–Crippen MR) is 120 cm³/mol. The summed E-state index contributed by atoms with van der Waals surface area (Å²) in [7, 11) is 0. The van der Waals surface area contributed by atoms with E-state index in [0.29, 0.717) is 35.2 Å². The summed E-state index contributed by atoms with van der Waals surface area (Å²) in [6.45, 7) is 4.38. The Hall–Kier alpha value is -4.13. The van der Waals surface area contributed by atoms with Gasteiger partial charge in [0.2, 0.25) is 5.88 Å². The first-order chi connectivity index (χ1) is 15.6. The molecule has 7 nitrogen and oxygen atoms in total. The van der Waals surface area contributed by atoms with Gasteiger partial charge in [0, 0.05) is 6.07 Å². The van der Waals surface area contributed by atoms with Gasteiger partial charge in [-0.3, -0.25) is 4.79 Å². The van der Waals surface area contributed by atoms with Crippen LogP contribution in [0.25, 0.3) is 0 Å². The van der Waals surface area contributed by atoms with Crippen LogP contribution in [0.5, 0.6) is 11.6 Å². The molecule has 0 aliphatic carbocycles. The van der Waals surface area contributed by atoms with E-state index in [4.69, 9.17) is 14.0 Å². The number of amides is 1. The van der Waals surface area contributed by atoms with E-state index in [0.717, 1.165) is 16.8 Å². The summed E-state index contributed by atoms with van der Waals surface area (Å²) in [6.07, 6.45) is 1.56. The van der Waals surface area contributed by atoms with E-state index in [-0.39, 0.29) is 12.5 Å². The van der Waals surface area contributed by atoms with E-state index in [1.807, 2.05) is 50.2 Å². The third kappa shape index (κ3) is 5.13. The largest absolute Gasteiger partial charge is 0.488 e. The fourth-order valence-corrected chi connectivity index (χ4v) is 3.11. The fraction of sp³-hybridized carbons (Fsp3) is 0.160. The number of nitrogens with zero attached hydrogens (tertiary/aromatic N) is 2. The average Bonchev–Trinajstić information content (AvgIpc) is 3.15. The first-order valence-electron chi connectivity index (χ1n) is 10.2. The van der Waals surface area contributed by atoms with Gasteiger partial charge in [-0.1, -0.05) is 47.6 Å². The highest BCUT2D eigenvalue weighted by atomic mass is 16.5. The van der Waals surface area contributed by atoms with Gasteiger partial charge in [0.05, 0.1) is 28.7 Å². The van der Waals surface area contributed by atoms with E-state index in [1.54, 1.807) is 36.5 Å². The van der Waals surface area contributed by atoms with Crippen LogP contribution in [-0.4, -0.2) is 16.0 Å². The van der Waals surface area contributed by atoms with Gasteiger partial charge in [0.25, 0.3) is 5.91 Å². The van der Waals surface area contributed by atoms with Crippen molar-refractivity contribution in [3.05, 3.63) is 101 Å². The number of hydrogen-bond acceptors (Lipinski definition) is 6. The van der Waals surface area contributed by atoms with Gasteiger partial charge in [-0.2, -0.15) is 0 Å². The van der Waals surface area contributed by atoms with Gasteiger partial charge in [-0.05, 0) is 37.6 Å². The molecule has 7 heteroatoms. The number of carbonyl (C=O) groups excluding carboxylic acids is 1. The van der Waals surface area contributed by atoms with Crippen LogP contribution in [-0.2, 0) is 13.2 Å². The second-order valence-corrected chi connectivity index (χ2v) is 7.20. The molecule has 2 heterocycles. The van der Waals surface area contributed by atoms with E-state index in [1.165, 1.54) is 0 Å². The zero-order valence-corrected chi connectivity index (χ0v) is 17.9. The lowest BCUT2D eigenvalue weighted by molar-refractivity contribution is 0.102. The molecule has 32 heavy (non-hydrogen) atoms. The maximum Gasteiger partial charge on any atom is 0.259 e. The van der Waals surface area contributed by atoms with E-state index < -0.39 is 0 Å². The number of carbonyl (C=O) groups is 1. The number of benzene rings is 2. The van der Waals surface area contributed by atoms with Crippen molar-refractivity contribution >= 4 is 11.6 Å².